The summed E-state index contributed by atoms with van der Waals surface area (Å²) in [4.78, 5) is 35.8. The van der Waals surface area contributed by atoms with E-state index in [4.69, 9.17) is 9.72 Å². The largest absolute Gasteiger partial charge is 0.378 e. The van der Waals surface area contributed by atoms with Gasteiger partial charge in [-0.3, -0.25) is 4.79 Å². The molecule has 1 amide bonds. The first-order valence-electron chi connectivity index (χ1n) is 10.3. The Morgan fingerprint density at radius 1 is 1.23 bits per heavy atom. The molecular weight excluding hydrogens is 394 g/mol. The number of nitrogens with zero attached hydrogens (tertiary/aromatic N) is 5. The molecule has 0 aliphatic carbocycles. The summed E-state index contributed by atoms with van der Waals surface area (Å²) in [5, 5.41) is 5.26. The minimum Gasteiger partial charge on any atom is -0.378 e. The zero-order chi connectivity index (χ0) is 21.4. The molecule has 0 unspecified atom stereocenters. The summed E-state index contributed by atoms with van der Waals surface area (Å²) in [5.74, 6) is 0.555. The minimum absolute atomic E-state index is 0.0617. The molecule has 3 aromatic heterocycles. The summed E-state index contributed by atoms with van der Waals surface area (Å²) < 4.78 is 5.41. The van der Waals surface area contributed by atoms with E-state index in [1.165, 1.54) is 6.33 Å². The second-order valence-electron chi connectivity index (χ2n) is 7.66. The molecule has 5 rings (SSSR count). The van der Waals surface area contributed by atoms with Crippen LogP contribution in [0, 0.1) is 6.92 Å². The Labute approximate surface area is 178 Å². The fourth-order valence-electron chi connectivity index (χ4n) is 3.95. The average Bonchev–Trinajstić information content (AvgIpc) is 3.28. The van der Waals surface area contributed by atoms with Crippen LogP contribution in [-0.4, -0.2) is 62.0 Å². The number of amides is 1. The molecule has 4 heterocycles. The predicted molar refractivity (Wildman–Crippen MR) is 117 cm³/mol. The van der Waals surface area contributed by atoms with E-state index in [1.54, 1.807) is 6.33 Å². The Balaban J connectivity index is 1.55. The van der Waals surface area contributed by atoms with Gasteiger partial charge in [-0.1, -0.05) is 18.2 Å². The summed E-state index contributed by atoms with van der Waals surface area (Å²) >= 11 is 0. The van der Waals surface area contributed by atoms with Crippen molar-refractivity contribution in [2.24, 2.45) is 0 Å². The average molecular weight is 417 g/mol. The highest BCUT2D eigenvalue weighted by Crippen LogP contribution is 2.28. The van der Waals surface area contributed by atoms with Gasteiger partial charge in [-0.15, -0.1) is 0 Å². The predicted octanol–water partition coefficient (Wildman–Crippen LogP) is 2.86. The van der Waals surface area contributed by atoms with Gasteiger partial charge < -0.3 is 19.9 Å². The van der Waals surface area contributed by atoms with E-state index in [2.05, 4.69) is 25.3 Å². The molecule has 0 saturated carbocycles. The SMILES string of the molecule is Cc1cccc2cc([C@H](C)Nc3ncnc4[nH]cnc34)nc(C(=O)N3CCOCC3)c12. The fourth-order valence-corrected chi connectivity index (χ4v) is 3.95. The Hall–Kier alpha value is -3.59. The van der Waals surface area contributed by atoms with Crippen LogP contribution in [0.2, 0.25) is 0 Å². The summed E-state index contributed by atoms with van der Waals surface area (Å²) in [6.45, 7) is 6.25. The lowest BCUT2D eigenvalue weighted by Crippen LogP contribution is -2.41. The summed E-state index contributed by atoms with van der Waals surface area (Å²) in [7, 11) is 0. The van der Waals surface area contributed by atoms with E-state index in [9.17, 15) is 4.79 Å². The molecule has 1 aromatic carbocycles. The molecule has 2 N–H and O–H groups in total. The van der Waals surface area contributed by atoms with Crippen molar-refractivity contribution >= 4 is 33.7 Å². The quantitative estimate of drug-likeness (QED) is 0.525. The van der Waals surface area contributed by atoms with Crippen LogP contribution < -0.4 is 5.32 Å². The number of nitrogens with one attached hydrogen (secondary N) is 2. The van der Waals surface area contributed by atoms with Crippen LogP contribution >= 0.6 is 0 Å². The number of fused-ring (bicyclic) bond motifs is 2. The van der Waals surface area contributed by atoms with Crippen LogP contribution in [-0.2, 0) is 4.74 Å². The molecule has 1 fully saturated rings. The van der Waals surface area contributed by atoms with E-state index in [0.29, 0.717) is 49.0 Å². The number of aromatic amines is 1. The number of ether oxygens (including phenoxy) is 1. The molecule has 0 radical (unpaired) electrons. The van der Waals surface area contributed by atoms with Gasteiger partial charge in [0.25, 0.3) is 5.91 Å². The van der Waals surface area contributed by atoms with E-state index in [-0.39, 0.29) is 11.9 Å². The van der Waals surface area contributed by atoms with Crippen molar-refractivity contribution in [3.8, 4) is 0 Å². The third kappa shape index (κ3) is 3.57. The van der Waals surface area contributed by atoms with Crippen LogP contribution in [0.3, 0.4) is 0 Å². The first-order chi connectivity index (χ1) is 15.1. The van der Waals surface area contributed by atoms with Gasteiger partial charge in [0, 0.05) is 18.5 Å². The summed E-state index contributed by atoms with van der Waals surface area (Å²) in [6, 6.07) is 7.86. The van der Waals surface area contributed by atoms with E-state index < -0.39 is 0 Å². The first-order valence-corrected chi connectivity index (χ1v) is 10.3. The first kappa shape index (κ1) is 19.4. The van der Waals surface area contributed by atoms with Crippen LogP contribution in [0.1, 0.15) is 34.7 Å². The highest BCUT2D eigenvalue weighted by atomic mass is 16.5. The van der Waals surface area contributed by atoms with Gasteiger partial charge in [-0.05, 0) is 30.9 Å². The van der Waals surface area contributed by atoms with Gasteiger partial charge >= 0.3 is 0 Å². The van der Waals surface area contributed by atoms with E-state index in [0.717, 1.165) is 22.0 Å². The molecular formula is C22H23N7O2. The Morgan fingerprint density at radius 2 is 2.06 bits per heavy atom. The number of pyridine rings is 1. The van der Waals surface area contributed by atoms with Crippen LogP contribution in [0.5, 0.6) is 0 Å². The van der Waals surface area contributed by atoms with Crippen molar-refractivity contribution in [2.45, 2.75) is 19.9 Å². The standard InChI is InChI=1S/C22H23N7O2/c1-13-4-3-5-15-10-16(14(2)27-21-19-20(24-11-23-19)25-12-26-21)28-18(17(13)15)22(30)29-6-8-31-9-7-29/h3-5,10-12,14H,6-9H2,1-2H3,(H2,23,24,25,26,27)/t14-/m0/s1. The molecule has 0 spiro atoms. The Kier molecular flexibility index (Phi) is 4.95. The number of benzene rings is 1. The number of H-pyrrole nitrogens is 1. The van der Waals surface area contributed by atoms with Gasteiger partial charge in [0.15, 0.2) is 11.5 Å². The molecule has 4 aromatic rings. The maximum atomic E-state index is 13.4. The lowest BCUT2D eigenvalue weighted by Gasteiger charge is -2.27. The third-order valence-corrected chi connectivity index (χ3v) is 5.60. The smallest absolute Gasteiger partial charge is 0.273 e. The van der Waals surface area contributed by atoms with Crippen molar-refractivity contribution in [1.29, 1.82) is 0 Å². The van der Waals surface area contributed by atoms with E-state index >= 15 is 0 Å². The van der Waals surface area contributed by atoms with E-state index in [1.807, 2.05) is 43.0 Å². The molecule has 1 aliphatic heterocycles. The van der Waals surface area contributed by atoms with Crippen LogP contribution in [0.15, 0.2) is 36.9 Å². The number of imidazole rings is 1. The van der Waals surface area contributed by atoms with Gasteiger partial charge in [0.05, 0.1) is 31.3 Å². The minimum atomic E-state index is -0.198. The summed E-state index contributed by atoms with van der Waals surface area (Å²) in [6.07, 6.45) is 3.07. The number of rotatable bonds is 4. The number of aryl methyl sites for hydroxylation is 1. The Morgan fingerprint density at radius 3 is 2.90 bits per heavy atom. The van der Waals surface area contributed by atoms with Crippen LogP contribution in [0.4, 0.5) is 5.82 Å². The molecule has 1 saturated heterocycles. The maximum Gasteiger partial charge on any atom is 0.273 e. The highest BCUT2D eigenvalue weighted by Gasteiger charge is 2.24. The number of hydrogen-bond donors (Lipinski definition) is 2. The van der Waals surface area contributed by atoms with Crippen LogP contribution in [0.25, 0.3) is 21.9 Å². The lowest BCUT2D eigenvalue weighted by atomic mass is 10.0. The molecule has 1 aliphatic rings. The van der Waals surface area contributed by atoms with Crippen molar-refractivity contribution in [3.05, 3.63) is 53.9 Å². The second-order valence-corrected chi connectivity index (χ2v) is 7.66. The second kappa shape index (κ2) is 7.92. The molecule has 0 bridgehead atoms. The van der Waals surface area contributed by atoms with Gasteiger partial charge in [0.1, 0.15) is 17.5 Å². The van der Waals surface area contributed by atoms with Gasteiger partial charge in [-0.2, -0.15) is 0 Å². The Bertz CT molecular complexity index is 1260. The molecule has 158 valence electrons. The number of aromatic nitrogens is 5. The molecule has 9 heteroatoms. The topological polar surface area (TPSA) is 109 Å². The zero-order valence-corrected chi connectivity index (χ0v) is 17.4. The lowest BCUT2D eigenvalue weighted by molar-refractivity contribution is 0.0300. The number of carbonyl (C=O) groups is 1. The highest BCUT2D eigenvalue weighted by molar-refractivity contribution is 6.06. The number of hydrogen-bond acceptors (Lipinski definition) is 7. The molecule has 1 atom stereocenters. The number of morpholine rings is 1. The van der Waals surface area contributed by atoms with Crippen molar-refractivity contribution < 1.29 is 9.53 Å². The van der Waals surface area contributed by atoms with Crippen molar-refractivity contribution in [3.63, 3.8) is 0 Å². The normalized spacial score (nSPS) is 15.4. The van der Waals surface area contributed by atoms with Gasteiger partial charge in [0.2, 0.25) is 0 Å². The summed E-state index contributed by atoms with van der Waals surface area (Å²) in [5.41, 5.74) is 3.60. The molecule has 31 heavy (non-hydrogen) atoms. The molecule has 9 nitrogen and oxygen atoms in total. The third-order valence-electron chi connectivity index (χ3n) is 5.60. The van der Waals surface area contributed by atoms with Crippen molar-refractivity contribution in [1.82, 2.24) is 29.8 Å². The number of anilines is 1. The number of carbonyl (C=O) groups excluding carboxylic acids is 1. The van der Waals surface area contributed by atoms with Gasteiger partial charge in [-0.25, -0.2) is 19.9 Å². The monoisotopic (exact) mass is 417 g/mol. The zero-order valence-electron chi connectivity index (χ0n) is 17.4. The maximum absolute atomic E-state index is 13.4. The fraction of sp³-hybridized carbons (Fsp3) is 0.318. The van der Waals surface area contributed by atoms with Crippen molar-refractivity contribution in [2.75, 3.05) is 31.6 Å².